The molecule has 0 bridgehead atoms. The zero-order valence-corrected chi connectivity index (χ0v) is 19.8. The zero-order chi connectivity index (χ0) is 23.1. The molecule has 1 saturated heterocycles. The second-order valence-electron chi connectivity index (χ2n) is 7.67. The number of sulfonamides is 1. The SMILES string of the molecule is CCN(CC)S(=O)(=O)c1cc(C(=O)NCc2cccnc2N2CCCCC2)ccc1OC. The van der Waals surface area contributed by atoms with E-state index in [2.05, 4.69) is 15.2 Å². The predicted molar refractivity (Wildman–Crippen MR) is 125 cm³/mol. The van der Waals surface area contributed by atoms with Crippen LogP contribution in [0.5, 0.6) is 5.75 Å². The Morgan fingerprint density at radius 3 is 2.53 bits per heavy atom. The van der Waals surface area contributed by atoms with E-state index in [9.17, 15) is 13.2 Å². The minimum absolute atomic E-state index is 0.00765. The van der Waals surface area contributed by atoms with Crippen LogP contribution < -0.4 is 15.0 Å². The normalized spacial score (nSPS) is 14.4. The molecule has 1 aliphatic rings. The van der Waals surface area contributed by atoms with Crippen molar-refractivity contribution in [3.63, 3.8) is 0 Å². The number of nitrogens with zero attached hydrogens (tertiary/aromatic N) is 3. The van der Waals surface area contributed by atoms with Gasteiger partial charge in [0.05, 0.1) is 7.11 Å². The third-order valence-electron chi connectivity index (χ3n) is 5.71. The summed E-state index contributed by atoms with van der Waals surface area (Å²) in [6.07, 6.45) is 5.27. The van der Waals surface area contributed by atoms with Crippen LogP contribution in [0.4, 0.5) is 5.82 Å². The van der Waals surface area contributed by atoms with Gasteiger partial charge in [0.25, 0.3) is 5.91 Å². The maximum Gasteiger partial charge on any atom is 0.251 e. The van der Waals surface area contributed by atoms with Crippen molar-refractivity contribution in [1.29, 1.82) is 0 Å². The summed E-state index contributed by atoms with van der Waals surface area (Å²) in [7, 11) is -2.36. The van der Waals surface area contributed by atoms with Crippen molar-refractivity contribution in [2.75, 3.05) is 38.2 Å². The van der Waals surface area contributed by atoms with E-state index in [1.54, 1.807) is 26.1 Å². The van der Waals surface area contributed by atoms with E-state index in [1.165, 1.54) is 30.0 Å². The van der Waals surface area contributed by atoms with Crippen LogP contribution >= 0.6 is 0 Å². The van der Waals surface area contributed by atoms with Crippen LogP contribution in [0.1, 0.15) is 49.0 Å². The highest BCUT2D eigenvalue weighted by Gasteiger charge is 2.27. The van der Waals surface area contributed by atoms with E-state index >= 15 is 0 Å². The fourth-order valence-corrected chi connectivity index (χ4v) is 5.60. The molecule has 1 aromatic carbocycles. The van der Waals surface area contributed by atoms with Crippen molar-refractivity contribution in [1.82, 2.24) is 14.6 Å². The molecule has 1 N–H and O–H groups in total. The average molecular weight is 461 g/mol. The molecule has 1 aromatic heterocycles. The topological polar surface area (TPSA) is 91.8 Å². The molecule has 2 heterocycles. The van der Waals surface area contributed by atoms with Crippen molar-refractivity contribution >= 4 is 21.7 Å². The van der Waals surface area contributed by atoms with Gasteiger partial charge in [-0.15, -0.1) is 0 Å². The van der Waals surface area contributed by atoms with Crippen molar-refractivity contribution in [2.45, 2.75) is 44.6 Å². The molecule has 3 rings (SSSR count). The molecule has 1 aliphatic heterocycles. The summed E-state index contributed by atoms with van der Waals surface area (Å²) < 4.78 is 32.7. The molecule has 0 radical (unpaired) electrons. The molecule has 0 aliphatic carbocycles. The van der Waals surface area contributed by atoms with Crippen LogP contribution in [0, 0.1) is 0 Å². The average Bonchev–Trinajstić information content (AvgIpc) is 2.83. The van der Waals surface area contributed by atoms with Gasteiger partial charge >= 0.3 is 0 Å². The number of aromatic nitrogens is 1. The van der Waals surface area contributed by atoms with Gasteiger partial charge in [0.2, 0.25) is 10.0 Å². The molecule has 0 unspecified atom stereocenters. The number of rotatable bonds is 9. The quantitative estimate of drug-likeness (QED) is 0.618. The molecule has 32 heavy (non-hydrogen) atoms. The lowest BCUT2D eigenvalue weighted by atomic mass is 10.1. The Labute approximate surface area is 190 Å². The molecular formula is C23H32N4O4S. The summed E-state index contributed by atoms with van der Waals surface area (Å²) >= 11 is 0. The monoisotopic (exact) mass is 460 g/mol. The number of hydrogen-bond acceptors (Lipinski definition) is 6. The van der Waals surface area contributed by atoms with Crippen LogP contribution in [-0.4, -0.2) is 56.9 Å². The first-order valence-electron chi connectivity index (χ1n) is 11.1. The fraction of sp³-hybridized carbons (Fsp3) is 0.478. The lowest BCUT2D eigenvalue weighted by Crippen LogP contribution is -2.32. The molecule has 0 saturated carbocycles. The Morgan fingerprint density at radius 2 is 1.88 bits per heavy atom. The van der Waals surface area contributed by atoms with Gasteiger partial charge in [-0.2, -0.15) is 4.31 Å². The van der Waals surface area contributed by atoms with Crippen LogP contribution in [0.3, 0.4) is 0 Å². The summed E-state index contributed by atoms with van der Waals surface area (Å²) in [6, 6.07) is 8.30. The Kier molecular flexibility index (Phi) is 8.09. The summed E-state index contributed by atoms with van der Waals surface area (Å²) in [5.41, 5.74) is 1.20. The first-order chi connectivity index (χ1) is 15.4. The van der Waals surface area contributed by atoms with Gasteiger partial charge in [0.15, 0.2) is 0 Å². The number of nitrogens with one attached hydrogen (secondary N) is 1. The number of benzene rings is 1. The number of piperidine rings is 1. The molecule has 1 amide bonds. The van der Waals surface area contributed by atoms with E-state index in [0.717, 1.165) is 37.3 Å². The highest BCUT2D eigenvalue weighted by Crippen LogP contribution is 2.28. The molecular weight excluding hydrogens is 428 g/mol. The van der Waals surface area contributed by atoms with Crippen LogP contribution in [-0.2, 0) is 16.6 Å². The number of methoxy groups -OCH3 is 1. The van der Waals surface area contributed by atoms with Crippen molar-refractivity contribution in [3.8, 4) is 5.75 Å². The van der Waals surface area contributed by atoms with Crippen molar-refractivity contribution in [3.05, 3.63) is 47.7 Å². The number of anilines is 1. The van der Waals surface area contributed by atoms with Gasteiger partial charge in [-0.05, 0) is 43.5 Å². The lowest BCUT2D eigenvalue weighted by molar-refractivity contribution is 0.0950. The Hall–Kier alpha value is -2.65. The largest absolute Gasteiger partial charge is 0.495 e. The third-order valence-corrected chi connectivity index (χ3v) is 7.78. The van der Waals surface area contributed by atoms with Crippen molar-refractivity contribution in [2.24, 2.45) is 0 Å². The first kappa shape index (κ1) is 24.0. The lowest BCUT2D eigenvalue weighted by Gasteiger charge is -2.29. The summed E-state index contributed by atoms with van der Waals surface area (Å²) in [6.45, 7) is 6.45. The third kappa shape index (κ3) is 5.21. The summed E-state index contributed by atoms with van der Waals surface area (Å²) in [5.74, 6) is 0.761. The number of carbonyl (C=O) groups excluding carboxylic acids is 1. The standard InChI is InChI=1S/C23H32N4O4S/c1-4-27(5-2)32(29,30)21-16-18(11-12-20(21)31-3)23(28)25-17-19-10-9-13-24-22(19)26-14-7-6-8-15-26/h9-13,16H,4-8,14-15,17H2,1-3H3,(H,25,28). The van der Waals surface area contributed by atoms with Crippen LogP contribution in [0.25, 0.3) is 0 Å². The minimum Gasteiger partial charge on any atom is -0.495 e. The fourth-order valence-electron chi connectivity index (χ4n) is 3.96. The van der Waals surface area contributed by atoms with E-state index in [4.69, 9.17) is 4.74 Å². The second-order valence-corrected chi connectivity index (χ2v) is 9.58. The van der Waals surface area contributed by atoms with Gasteiger partial charge in [-0.25, -0.2) is 13.4 Å². The van der Waals surface area contributed by atoms with Crippen LogP contribution in [0.2, 0.25) is 0 Å². The van der Waals surface area contributed by atoms with Crippen molar-refractivity contribution < 1.29 is 17.9 Å². The first-order valence-corrected chi connectivity index (χ1v) is 12.5. The van der Waals surface area contributed by atoms with E-state index < -0.39 is 10.0 Å². The number of carbonyl (C=O) groups is 1. The van der Waals surface area contributed by atoms with Gasteiger partial charge in [-0.1, -0.05) is 19.9 Å². The highest BCUT2D eigenvalue weighted by atomic mass is 32.2. The van der Waals surface area contributed by atoms with Crippen LogP contribution in [0.15, 0.2) is 41.4 Å². The molecule has 174 valence electrons. The van der Waals surface area contributed by atoms with Gasteiger partial charge in [-0.3, -0.25) is 4.79 Å². The Morgan fingerprint density at radius 1 is 1.16 bits per heavy atom. The van der Waals surface area contributed by atoms with E-state index in [1.807, 2.05) is 12.1 Å². The minimum atomic E-state index is -3.78. The Balaban J connectivity index is 1.81. The molecule has 1 fully saturated rings. The summed E-state index contributed by atoms with van der Waals surface area (Å²) in [5, 5.41) is 2.91. The molecule has 0 spiro atoms. The maximum atomic E-state index is 13.0. The number of pyridine rings is 1. The number of amides is 1. The Bertz CT molecular complexity index is 1030. The zero-order valence-electron chi connectivity index (χ0n) is 19.0. The van der Waals surface area contributed by atoms with Gasteiger partial charge < -0.3 is 15.0 Å². The molecule has 2 aromatic rings. The number of hydrogen-bond donors (Lipinski definition) is 1. The predicted octanol–water partition coefficient (Wildman–Crippen LogP) is 3.04. The maximum absolute atomic E-state index is 13.0. The van der Waals surface area contributed by atoms with Gasteiger partial charge in [0, 0.05) is 50.0 Å². The van der Waals surface area contributed by atoms with Gasteiger partial charge in [0.1, 0.15) is 16.5 Å². The molecule has 0 atom stereocenters. The second kappa shape index (κ2) is 10.8. The number of ether oxygens (including phenoxy) is 1. The smallest absolute Gasteiger partial charge is 0.251 e. The molecule has 9 heteroatoms. The molecule has 8 nitrogen and oxygen atoms in total. The van der Waals surface area contributed by atoms with E-state index in [0.29, 0.717) is 19.6 Å². The summed E-state index contributed by atoms with van der Waals surface area (Å²) in [4.78, 5) is 19.7. The highest BCUT2D eigenvalue weighted by molar-refractivity contribution is 7.89. The van der Waals surface area contributed by atoms with E-state index in [-0.39, 0.29) is 22.1 Å².